The van der Waals surface area contributed by atoms with Gasteiger partial charge in [-0.2, -0.15) is 0 Å². The lowest BCUT2D eigenvalue weighted by atomic mass is 9.97. The van der Waals surface area contributed by atoms with E-state index in [0.29, 0.717) is 12.3 Å². The minimum Gasteiger partial charge on any atom is -0.393 e. The first-order valence-electron chi connectivity index (χ1n) is 5.67. The van der Waals surface area contributed by atoms with Crippen LogP contribution in [-0.4, -0.2) is 28.7 Å². The summed E-state index contributed by atoms with van der Waals surface area (Å²) in [5.41, 5.74) is 5.03. The Bertz CT molecular complexity index is 174. The van der Waals surface area contributed by atoms with Crippen LogP contribution in [0.5, 0.6) is 0 Å². The van der Waals surface area contributed by atoms with Gasteiger partial charge in [0, 0.05) is 0 Å². The number of hydrogen-bond donors (Lipinski definition) is 4. The smallest absolute Gasteiger partial charge is 0.106 e. The van der Waals surface area contributed by atoms with Gasteiger partial charge in [0.15, 0.2) is 0 Å². The van der Waals surface area contributed by atoms with Crippen molar-refractivity contribution in [2.24, 2.45) is 17.6 Å². The highest BCUT2D eigenvalue weighted by Gasteiger charge is 2.29. The third-order valence-corrected chi connectivity index (χ3v) is 2.74. The van der Waals surface area contributed by atoms with Crippen LogP contribution in [0.1, 0.15) is 40.5 Å². The fourth-order valence-electron chi connectivity index (χ4n) is 1.27. The summed E-state index contributed by atoms with van der Waals surface area (Å²) in [7, 11) is 0. The highest BCUT2D eigenvalue weighted by atomic mass is 16.3. The summed E-state index contributed by atoms with van der Waals surface area (Å²) in [4.78, 5) is 0. The monoisotopic (exact) mass is 218 g/mol. The summed E-state index contributed by atoms with van der Waals surface area (Å²) in [5, 5.41) is 21.8. The number of nitrogens with two attached hydrogens (primary N) is 1. The summed E-state index contributed by atoms with van der Waals surface area (Å²) in [6, 6.07) is 0. The highest BCUT2D eigenvalue weighted by molar-refractivity contribution is 4.84. The summed E-state index contributed by atoms with van der Waals surface area (Å²) in [6.45, 7) is 7.87. The van der Waals surface area contributed by atoms with Gasteiger partial charge in [-0.1, -0.05) is 27.7 Å². The van der Waals surface area contributed by atoms with Gasteiger partial charge in [-0.25, -0.2) is 0 Å². The Morgan fingerprint density at radius 3 is 2.07 bits per heavy atom. The van der Waals surface area contributed by atoms with Crippen molar-refractivity contribution >= 4 is 0 Å². The van der Waals surface area contributed by atoms with Gasteiger partial charge < -0.3 is 15.9 Å². The largest absolute Gasteiger partial charge is 0.393 e. The van der Waals surface area contributed by atoms with Gasteiger partial charge in [0.2, 0.25) is 0 Å². The van der Waals surface area contributed by atoms with Gasteiger partial charge in [-0.15, -0.1) is 0 Å². The van der Waals surface area contributed by atoms with Gasteiger partial charge in [0.1, 0.15) is 6.23 Å². The Morgan fingerprint density at radius 1 is 1.20 bits per heavy atom. The molecule has 2 unspecified atom stereocenters. The molecule has 2 atom stereocenters. The third kappa shape index (κ3) is 5.47. The molecule has 0 aliphatic rings. The predicted molar refractivity (Wildman–Crippen MR) is 62.1 cm³/mol. The minimum atomic E-state index is -0.892. The van der Waals surface area contributed by atoms with Crippen LogP contribution < -0.4 is 11.1 Å². The lowest BCUT2D eigenvalue weighted by molar-refractivity contribution is 0.0309. The van der Waals surface area contributed by atoms with E-state index in [2.05, 4.69) is 19.2 Å². The van der Waals surface area contributed by atoms with E-state index in [9.17, 15) is 10.2 Å². The lowest BCUT2D eigenvalue weighted by Gasteiger charge is -2.35. The zero-order valence-corrected chi connectivity index (χ0v) is 10.3. The quantitative estimate of drug-likeness (QED) is 0.473. The second kappa shape index (κ2) is 6.43. The Hall–Kier alpha value is -0.160. The molecule has 0 saturated heterocycles. The van der Waals surface area contributed by atoms with Gasteiger partial charge in [-0.3, -0.25) is 5.32 Å². The molecule has 0 fully saturated rings. The third-order valence-electron chi connectivity index (χ3n) is 2.74. The van der Waals surface area contributed by atoms with Crippen LogP contribution in [0.2, 0.25) is 0 Å². The normalized spacial score (nSPS) is 18.2. The van der Waals surface area contributed by atoms with Crippen LogP contribution in [0.25, 0.3) is 0 Å². The topological polar surface area (TPSA) is 78.5 Å². The van der Waals surface area contributed by atoms with Crippen LogP contribution in [0.15, 0.2) is 0 Å². The number of nitrogens with one attached hydrogen (secondary N) is 1. The number of aliphatic hydroxyl groups is 2. The molecule has 0 bridgehead atoms. The fraction of sp³-hybridized carbons (Fsp3) is 1.00. The van der Waals surface area contributed by atoms with Crippen molar-refractivity contribution in [2.45, 2.75) is 52.4 Å². The molecule has 0 aromatic carbocycles. The van der Waals surface area contributed by atoms with Crippen LogP contribution >= 0.6 is 0 Å². The molecule has 5 N–H and O–H groups in total. The predicted octanol–water partition coefficient (Wildman–Crippen LogP) is 0.634. The van der Waals surface area contributed by atoms with E-state index in [-0.39, 0.29) is 12.5 Å². The molecule has 4 nitrogen and oxygen atoms in total. The molecule has 15 heavy (non-hydrogen) atoms. The van der Waals surface area contributed by atoms with E-state index in [1.54, 1.807) is 0 Å². The molecule has 0 radical (unpaired) electrons. The summed E-state index contributed by atoms with van der Waals surface area (Å²) in [5.74, 6) is 0.623. The molecule has 0 aliphatic carbocycles. The molecule has 0 amide bonds. The Labute approximate surface area is 92.9 Å². The van der Waals surface area contributed by atoms with Gasteiger partial charge in [0.05, 0.1) is 12.3 Å². The number of hydrogen-bond acceptors (Lipinski definition) is 4. The van der Waals surface area contributed by atoms with Crippen LogP contribution in [0.4, 0.5) is 0 Å². The molecule has 0 aromatic heterocycles. The van der Waals surface area contributed by atoms with Crippen LogP contribution in [0.3, 0.4) is 0 Å². The zero-order valence-electron chi connectivity index (χ0n) is 10.3. The summed E-state index contributed by atoms with van der Waals surface area (Å²) >= 11 is 0. The number of aliphatic hydroxyl groups excluding tert-OH is 2. The summed E-state index contributed by atoms with van der Waals surface area (Å²) in [6.07, 6.45) is 0.948. The van der Waals surface area contributed by atoms with E-state index in [1.165, 1.54) is 0 Å². The van der Waals surface area contributed by atoms with E-state index in [4.69, 9.17) is 5.73 Å². The average molecular weight is 218 g/mol. The lowest BCUT2D eigenvalue weighted by Crippen LogP contribution is -2.63. The Balaban J connectivity index is 4.07. The molecule has 0 spiro atoms. The zero-order chi connectivity index (χ0) is 12.1. The van der Waals surface area contributed by atoms with Crippen LogP contribution in [-0.2, 0) is 0 Å². The maximum atomic E-state index is 9.71. The fourth-order valence-corrected chi connectivity index (χ4v) is 1.27. The van der Waals surface area contributed by atoms with Gasteiger partial charge >= 0.3 is 0 Å². The van der Waals surface area contributed by atoms with Crippen molar-refractivity contribution < 1.29 is 10.2 Å². The minimum absolute atomic E-state index is 0.0659. The van der Waals surface area contributed by atoms with Gasteiger partial charge in [0.25, 0.3) is 0 Å². The van der Waals surface area contributed by atoms with E-state index < -0.39 is 11.9 Å². The first-order chi connectivity index (χ1) is 6.81. The average Bonchev–Trinajstić information content (AvgIpc) is 2.14. The first-order valence-corrected chi connectivity index (χ1v) is 5.67. The molecule has 0 heterocycles. The standard InChI is InChI=1S/C11H26N2O2/c1-8(2)5-6-10(15)13-11(12,7-14)9(3)4/h8-10,13-15H,5-7,12H2,1-4H3. The van der Waals surface area contributed by atoms with Crippen molar-refractivity contribution in [2.75, 3.05) is 6.61 Å². The molecular weight excluding hydrogens is 192 g/mol. The van der Waals surface area contributed by atoms with Crippen molar-refractivity contribution in [3.05, 3.63) is 0 Å². The van der Waals surface area contributed by atoms with Crippen LogP contribution in [0, 0.1) is 11.8 Å². The van der Waals surface area contributed by atoms with E-state index >= 15 is 0 Å². The molecule has 0 aliphatic heterocycles. The maximum Gasteiger partial charge on any atom is 0.106 e. The van der Waals surface area contributed by atoms with E-state index in [0.717, 1.165) is 6.42 Å². The van der Waals surface area contributed by atoms with Crippen molar-refractivity contribution in [1.29, 1.82) is 0 Å². The highest BCUT2D eigenvalue weighted by Crippen LogP contribution is 2.13. The van der Waals surface area contributed by atoms with Gasteiger partial charge in [-0.05, 0) is 24.7 Å². The SMILES string of the molecule is CC(C)CCC(O)NC(N)(CO)C(C)C. The van der Waals surface area contributed by atoms with Crippen molar-refractivity contribution in [3.63, 3.8) is 0 Å². The molecule has 0 aromatic rings. The number of rotatable bonds is 7. The molecule has 92 valence electrons. The summed E-state index contributed by atoms with van der Waals surface area (Å²) < 4.78 is 0. The van der Waals surface area contributed by atoms with E-state index in [1.807, 2.05) is 13.8 Å². The molecule has 4 heteroatoms. The second-order valence-corrected chi connectivity index (χ2v) is 4.98. The second-order valence-electron chi connectivity index (χ2n) is 4.98. The maximum absolute atomic E-state index is 9.71. The molecular formula is C11H26N2O2. The first kappa shape index (κ1) is 14.8. The Morgan fingerprint density at radius 2 is 1.73 bits per heavy atom. The van der Waals surface area contributed by atoms with Crippen molar-refractivity contribution in [3.8, 4) is 0 Å². The molecule has 0 saturated carbocycles. The Kier molecular flexibility index (Phi) is 6.36. The molecule has 0 rings (SSSR count). The van der Waals surface area contributed by atoms with Crippen molar-refractivity contribution in [1.82, 2.24) is 5.32 Å².